The van der Waals surface area contributed by atoms with Crippen molar-refractivity contribution in [2.24, 2.45) is 0 Å². The number of aromatic nitrogens is 3. The fourth-order valence-electron chi connectivity index (χ4n) is 2.42. The molecule has 1 amide bonds. The predicted molar refractivity (Wildman–Crippen MR) is 93.7 cm³/mol. The molecule has 7 heteroatoms. The average Bonchev–Trinajstić information content (AvgIpc) is 2.96. The number of hydrogen-bond donors (Lipinski definition) is 2. The van der Waals surface area contributed by atoms with Crippen LogP contribution in [0, 0.1) is 5.82 Å². The van der Waals surface area contributed by atoms with E-state index in [4.69, 9.17) is 5.73 Å². The van der Waals surface area contributed by atoms with Gasteiger partial charge in [0.25, 0.3) is 5.91 Å². The second-order valence-electron chi connectivity index (χ2n) is 5.62. The number of nitrogens with zero attached hydrogens (tertiary/aromatic N) is 3. The summed E-state index contributed by atoms with van der Waals surface area (Å²) in [7, 11) is 0. The molecule has 0 aliphatic carbocycles. The summed E-state index contributed by atoms with van der Waals surface area (Å²) in [5.41, 5.74) is 8.52. The number of nitrogens with one attached hydrogen (secondary N) is 1. The number of carbonyl (C=O) groups excluding carboxylic acids is 1. The molecule has 25 heavy (non-hydrogen) atoms. The first-order valence-corrected chi connectivity index (χ1v) is 7.90. The number of nitrogens with two attached hydrogens (primary N) is 1. The lowest BCUT2D eigenvalue weighted by Gasteiger charge is -2.06. The van der Waals surface area contributed by atoms with Crippen LogP contribution in [0.4, 0.5) is 15.9 Å². The number of carbonyl (C=O) groups is 1. The van der Waals surface area contributed by atoms with Crippen molar-refractivity contribution in [1.29, 1.82) is 0 Å². The zero-order valence-corrected chi connectivity index (χ0v) is 13.7. The third-order valence-corrected chi connectivity index (χ3v) is 3.83. The highest BCUT2D eigenvalue weighted by Gasteiger charge is 2.18. The van der Waals surface area contributed by atoms with Gasteiger partial charge in [0.15, 0.2) is 11.5 Å². The zero-order chi connectivity index (χ0) is 17.8. The molecule has 0 atom stereocenters. The molecule has 3 N–H and O–H groups in total. The van der Waals surface area contributed by atoms with Crippen LogP contribution in [-0.4, -0.2) is 20.9 Å². The van der Waals surface area contributed by atoms with Gasteiger partial charge < -0.3 is 11.1 Å². The van der Waals surface area contributed by atoms with Crippen molar-refractivity contribution in [1.82, 2.24) is 15.0 Å². The lowest BCUT2D eigenvalue weighted by Crippen LogP contribution is -2.15. The summed E-state index contributed by atoms with van der Waals surface area (Å²) in [4.78, 5) is 12.3. The highest BCUT2D eigenvalue weighted by atomic mass is 19.1. The molecule has 0 aliphatic rings. The molecule has 0 saturated heterocycles. The van der Waals surface area contributed by atoms with Crippen LogP contribution in [-0.2, 0) is 13.0 Å². The Labute approximate surface area is 144 Å². The van der Waals surface area contributed by atoms with Crippen LogP contribution in [0.3, 0.4) is 0 Å². The van der Waals surface area contributed by atoms with Crippen molar-refractivity contribution in [3.63, 3.8) is 0 Å². The molecule has 6 nitrogen and oxygen atoms in total. The lowest BCUT2D eigenvalue weighted by molar-refractivity contribution is 0.102. The van der Waals surface area contributed by atoms with Gasteiger partial charge in [-0.05, 0) is 41.8 Å². The van der Waals surface area contributed by atoms with E-state index in [1.165, 1.54) is 22.4 Å². The van der Waals surface area contributed by atoms with Gasteiger partial charge in [-0.25, -0.2) is 9.07 Å². The molecule has 0 saturated carbocycles. The number of benzene rings is 2. The monoisotopic (exact) mass is 339 g/mol. The molecule has 3 rings (SSSR count). The zero-order valence-electron chi connectivity index (χ0n) is 13.7. The van der Waals surface area contributed by atoms with Crippen molar-refractivity contribution in [3.8, 4) is 0 Å². The van der Waals surface area contributed by atoms with Gasteiger partial charge in [0.1, 0.15) is 5.82 Å². The molecule has 128 valence electrons. The first-order valence-electron chi connectivity index (χ1n) is 7.90. The molecule has 0 bridgehead atoms. The maximum Gasteiger partial charge on any atom is 0.280 e. The molecule has 1 heterocycles. The summed E-state index contributed by atoms with van der Waals surface area (Å²) in [6, 6.07) is 13.6. The van der Waals surface area contributed by atoms with Gasteiger partial charge in [0.05, 0.1) is 6.54 Å². The van der Waals surface area contributed by atoms with Crippen molar-refractivity contribution in [2.45, 2.75) is 19.9 Å². The number of amides is 1. The van der Waals surface area contributed by atoms with Crippen LogP contribution < -0.4 is 11.1 Å². The number of nitrogen functional groups attached to an aromatic ring is 1. The van der Waals surface area contributed by atoms with E-state index in [2.05, 4.69) is 22.6 Å². The van der Waals surface area contributed by atoms with Crippen molar-refractivity contribution in [2.75, 3.05) is 11.1 Å². The molecule has 0 fully saturated rings. The molecule has 0 spiro atoms. The van der Waals surface area contributed by atoms with E-state index in [-0.39, 0.29) is 23.9 Å². The quantitative estimate of drug-likeness (QED) is 0.748. The van der Waals surface area contributed by atoms with Gasteiger partial charge in [0.2, 0.25) is 0 Å². The Morgan fingerprint density at radius 2 is 1.96 bits per heavy atom. The summed E-state index contributed by atoms with van der Waals surface area (Å²) in [5, 5.41) is 10.5. The maximum absolute atomic E-state index is 13.3. The summed E-state index contributed by atoms with van der Waals surface area (Å²) in [6.45, 7) is 2.29. The normalized spacial score (nSPS) is 10.6. The number of halogens is 1. The van der Waals surface area contributed by atoms with Gasteiger partial charge >= 0.3 is 0 Å². The van der Waals surface area contributed by atoms with Gasteiger partial charge in [-0.1, -0.05) is 36.4 Å². The number of anilines is 2. The topological polar surface area (TPSA) is 85.8 Å². The Balaban J connectivity index is 1.74. The summed E-state index contributed by atoms with van der Waals surface area (Å²) in [6.07, 6.45) is 0.926. The van der Waals surface area contributed by atoms with Gasteiger partial charge in [-0.2, -0.15) is 0 Å². The highest BCUT2D eigenvalue weighted by Crippen LogP contribution is 2.15. The first-order chi connectivity index (χ1) is 12.1. The molecule has 0 unspecified atom stereocenters. The molecule has 0 aliphatic heterocycles. The van der Waals surface area contributed by atoms with E-state index >= 15 is 0 Å². The van der Waals surface area contributed by atoms with E-state index in [1.807, 2.05) is 24.3 Å². The van der Waals surface area contributed by atoms with Crippen LogP contribution in [0.1, 0.15) is 28.5 Å². The van der Waals surface area contributed by atoms with Crippen LogP contribution in [0.25, 0.3) is 0 Å². The minimum atomic E-state index is -0.438. The van der Waals surface area contributed by atoms with Gasteiger partial charge in [-0.3, -0.25) is 4.79 Å². The predicted octanol–water partition coefficient (Wildman–Crippen LogP) is 2.86. The number of aryl methyl sites for hydroxylation is 1. The van der Waals surface area contributed by atoms with Gasteiger partial charge in [0, 0.05) is 5.69 Å². The van der Waals surface area contributed by atoms with Crippen molar-refractivity contribution >= 4 is 17.4 Å². The van der Waals surface area contributed by atoms with Crippen LogP contribution in [0.15, 0.2) is 48.5 Å². The number of hydrogen-bond acceptors (Lipinski definition) is 4. The van der Waals surface area contributed by atoms with E-state index in [0.29, 0.717) is 11.3 Å². The van der Waals surface area contributed by atoms with E-state index in [1.54, 1.807) is 12.1 Å². The third kappa shape index (κ3) is 3.82. The van der Waals surface area contributed by atoms with Crippen LogP contribution in [0.2, 0.25) is 0 Å². The first kappa shape index (κ1) is 16.6. The Bertz CT molecular complexity index is 889. The van der Waals surface area contributed by atoms with Crippen LogP contribution in [0.5, 0.6) is 0 Å². The fraction of sp³-hybridized carbons (Fsp3) is 0.167. The molecule has 3 aromatic rings. The van der Waals surface area contributed by atoms with Crippen molar-refractivity contribution in [3.05, 3.63) is 71.2 Å². The minimum Gasteiger partial charge on any atom is -0.382 e. The number of rotatable bonds is 5. The molecule has 0 radical (unpaired) electrons. The Morgan fingerprint density at radius 1 is 1.20 bits per heavy atom. The summed E-state index contributed by atoms with van der Waals surface area (Å²) >= 11 is 0. The largest absolute Gasteiger partial charge is 0.382 e. The molecule has 1 aromatic heterocycles. The van der Waals surface area contributed by atoms with E-state index < -0.39 is 5.91 Å². The fourth-order valence-corrected chi connectivity index (χ4v) is 2.42. The molecular formula is C18H18FN5O. The Morgan fingerprint density at radius 3 is 2.64 bits per heavy atom. The molecular weight excluding hydrogens is 321 g/mol. The second kappa shape index (κ2) is 7.12. The van der Waals surface area contributed by atoms with Crippen molar-refractivity contribution < 1.29 is 9.18 Å². The smallest absolute Gasteiger partial charge is 0.280 e. The summed E-state index contributed by atoms with van der Waals surface area (Å²) in [5.74, 6) is -0.649. The Hall–Kier alpha value is -3.22. The Kier molecular flexibility index (Phi) is 4.74. The minimum absolute atomic E-state index is 0.0379. The average molecular weight is 339 g/mol. The summed E-state index contributed by atoms with van der Waals surface area (Å²) < 4.78 is 14.6. The van der Waals surface area contributed by atoms with E-state index in [0.717, 1.165) is 6.42 Å². The van der Waals surface area contributed by atoms with E-state index in [9.17, 15) is 9.18 Å². The third-order valence-electron chi connectivity index (χ3n) is 3.83. The highest BCUT2D eigenvalue weighted by molar-refractivity contribution is 6.05. The molecule has 2 aromatic carbocycles. The van der Waals surface area contributed by atoms with Crippen LogP contribution >= 0.6 is 0 Å². The standard InChI is InChI=1S/C18H18FN5O/c1-2-12-6-8-15(9-7-12)21-18(25)16-17(20)24(23-22-16)11-13-4-3-5-14(19)10-13/h3-10H,2,11,20H2,1H3,(H,21,25). The lowest BCUT2D eigenvalue weighted by atomic mass is 10.1. The van der Waals surface area contributed by atoms with Gasteiger partial charge in [-0.15, -0.1) is 5.10 Å². The SMILES string of the molecule is CCc1ccc(NC(=O)c2nnn(Cc3cccc(F)c3)c2N)cc1. The maximum atomic E-state index is 13.3. The second-order valence-corrected chi connectivity index (χ2v) is 5.62.